The van der Waals surface area contributed by atoms with Gasteiger partial charge in [0.25, 0.3) is 0 Å². The Morgan fingerprint density at radius 2 is 2.21 bits per heavy atom. The van der Waals surface area contributed by atoms with E-state index in [1.807, 2.05) is 0 Å². The molecule has 1 fully saturated rings. The molecule has 0 saturated heterocycles. The number of nitrogens with one attached hydrogen (secondary N) is 1. The summed E-state index contributed by atoms with van der Waals surface area (Å²) in [5.74, 6) is 1.26. The van der Waals surface area contributed by atoms with Crippen LogP contribution in [0.25, 0.3) is 0 Å². The van der Waals surface area contributed by atoms with Crippen molar-refractivity contribution in [3.63, 3.8) is 0 Å². The van der Waals surface area contributed by atoms with Gasteiger partial charge in [0.15, 0.2) is 0 Å². The van der Waals surface area contributed by atoms with Crippen molar-refractivity contribution in [3.05, 3.63) is 18.3 Å². The Kier molecular flexibility index (Phi) is 5.07. The highest BCUT2D eigenvalue weighted by atomic mass is 32.2. The van der Waals surface area contributed by atoms with Crippen molar-refractivity contribution in [2.45, 2.75) is 43.7 Å². The van der Waals surface area contributed by atoms with Gasteiger partial charge in [0.2, 0.25) is 5.91 Å². The van der Waals surface area contributed by atoms with E-state index in [9.17, 15) is 4.79 Å². The summed E-state index contributed by atoms with van der Waals surface area (Å²) in [4.78, 5) is 16.0. The van der Waals surface area contributed by atoms with E-state index >= 15 is 0 Å². The molecular formula is C14H21N3OS. The topological polar surface area (TPSA) is 68.0 Å². The Labute approximate surface area is 118 Å². The summed E-state index contributed by atoms with van der Waals surface area (Å²) in [5, 5.41) is 3.83. The lowest BCUT2D eigenvalue weighted by Crippen LogP contribution is -2.38. The molecule has 104 valence electrons. The van der Waals surface area contributed by atoms with Gasteiger partial charge < -0.3 is 11.1 Å². The first-order valence-electron chi connectivity index (χ1n) is 6.78. The molecule has 4 nitrogen and oxygen atoms in total. The van der Waals surface area contributed by atoms with E-state index in [-0.39, 0.29) is 5.91 Å². The van der Waals surface area contributed by atoms with Gasteiger partial charge in [-0.15, -0.1) is 0 Å². The number of pyridine rings is 1. The van der Waals surface area contributed by atoms with E-state index in [1.165, 1.54) is 24.6 Å². The molecule has 0 aliphatic heterocycles. The van der Waals surface area contributed by atoms with Crippen LogP contribution in [0.2, 0.25) is 0 Å². The van der Waals surface area contributed by atoms with Gasteiger partial charge in [-0.3, -0.25) is 4.79 Å². The standard InChI is InChI=1S/C14H21N3OS/c1-10-4-6-11(7-5-10)17-13(18)9-19-14-12(15)3-2-8-16-14/h2-3,8,10-11H,4-7,9,15H2,1H3,(H,17,18). The minimum absolute atomic E-state index is 0.0783. The molecule has 0 unspecified atom stereocenters. The highest BCUT2D eigenvalue weighted by Crippen LogP contribution is 2.24. The molecule has 1 aromatic heterocycles. The predicted molar refractivity (Wildman–Crippen MR) is 78.9 cm³/mol. The van der Waals surface area contributed by atoms with Gasteiger partial charge >= 0.3 is 0 Å². The maximum absolute atomic E-state index is 11.9. The first-order valence-corrected chi connectivity index (χ1v) is 7.76. The zero-order valence-electron chi connectivity index (χ0n) is 11.3. The molecule has 5 heteroatoms. The molecule has 1 aliphatic carbocycles. The third kappa shape index (κ3) is 4.42. The fraction of sp³-hybridized carbons (Fsp3) is 0.571. The van der Waals surface area contributed by atoms with Gasteiger partial charge in [-0.05, 0) is 43.7 Å². The van der Waals surface area contributed by atoms with Crippen molar-refractivity contribution in [2.24, 2.45) is 5.92 Å². The molecular weight excluding hydrogens is 258 g/mol. The monoisotopic (exact) mass is 279 g/mol. The maximum atomic E-state index is 11.9. The van der Waals surface area contributed by atoms with Crippen LogP contribution in [-0.4, -0.2) is 22.7 Å². The number of nitrogens with zero attached hydrogens (tertiary/aromatic N) is 1. The van der Waals surface area contributed by atoms with Crippen molar-refractivity contribution >= 4 is 23.4 Å². The van der Waals surface area contributed by atoms with Crippen molar-refractivity contribution in [1.82, 2.24) is 10.3 Å². The van der Waals surface area contributed by atoms with Gasteiger partial charge in [-0.2, -0.15) is 0 Å². The van der Waals surface area contributed by atoms with Gasteiger partial charge in [0, 0.05) is 12.2 Å². The summed E-state index contributed by atoms with van der Waals surface area (Å²) >= 11 is 1.40. The Hall–Kier alpha value is -1.23. The van der Waals surface area contributed by atoms with E-state index in [1.54, 1.807) is 18.3 Å². The molecule has 19 heavy (non-hydrogen) atoms. The van der Waals surface area contributed by atoms with E-state index < -0.39 is 0 Å². The molecule has 0 aromatic carbocycles. The molecule has 0 atom stereocenters. The first-order chi connectivity index (χ1) is 9.15. The van der Waals surface area contributed by atoms with Crippen molar-refractivity contribution in [1.29, 1.82) is 0 Å². The maximum Gasteiger partial charge on any atom is 0.230 e. The van der Waals surface area contributed by atoms with E-state index in [0.29, 0.717) is 17.5 Å². The fourth-order valence-electron chi connectivity index (χ4n) is 2.33. The van der Waals surface area contributed by atoms with E-state index in [4.69, 9.17) is 5.73 Å². The normalized spacial score (nSPS) is 23.0. The summed E-state index contributed by atoms with van der Waals surface area (Å²) in [7, 11) is 0. The third-order valence-electron chi connectivity index (χ3n) is 3.52. The number of carbonyl (C=O) groups is 1. The van der Waals surface area contributed by atoms with Crippen LogP contribution in [0.15, 0.2) is 23.4 Å². The number of rotatable bonds is 4. The summed E-state index contributed by atoms with van der Waals surface area (Å²) in [5.41, 5.74) is 6.42. The first kappa shape index (κ1) is 14.2. The second-order valence-electron chi connectivity index (χ2n) is 5.21. The Morgan fingerprint density at radius 1 is 1.47 bits per heavy atom. The minimum Gasteiger partial charge on any atom is -0.397 e. The van der Waals surface area contributed by atoms with Gasteiger partial charge in [-0.25, -0.2) is 4.98 Å². The van der Waals surface area contributed by atoms with Crippen molar-refractivity contribution in [3.8, 4) is 0 Å². The number of amides is 1. The van der Waals surface area contributed by atoms with Crippen LogP contribution < -0.4 is 11.1 Å². The number of anilines is 1. The Morgan fingerprint density at radius 3 is 2.89 bits per heavy atom. The molecule has 0 radical (unpaired) electrons. The molecule has 1 aliphatic rings. The molecule has 0 bridgehead atoms. The predicted octanol–water partition coefficient (Wildman–Crippen LogP) is 2.45. The van der Waals surface area contributed by atoms with Gasteiger partial charge in [0.05, 0.1) is 11.4 Å². The summed E-state index contributed by atoms with van der Waals surface area (Å²) < 4.78 is 0. The summed E-state index contributed by atoms with van der Waals surface area (Å²) in [6.07, 6.45) is 6.32. The molecule has 3 N–H and O–H groups in total. The minimum atomic E-state index is 0.0783. The molecule has 1 heterocycles. The average molecular weight is 279 g/mol. The lowest BCUT2D eigenvalue weighted by Gasteiger charge is -2.26. The highest BCUT2D eigenvalue weighted by molar-refractivity contribution is 8.00. The van der Waals surface area contributed by atoms with Crippen molar-refractivity contribution in [2.75, 3.05) is 11.5 Å². The largest absolute Gasteiger partial charge is 0.397 e. The number of hydrogen-bond acceptors (Lipinski definition) is 4. The quantitative estimate of drug-likeness (QED) is 0.831. The second kappa shape index (κ2) is 6.80. The zero-order valence-corrected chi connectivity index (χ0v) is 12.1. The zero-order chi connectivity index (χ0) is 13.7. The lowest BCUT2D eigenvalue weighted by atomic mass is 9.87. The SMILES string of the molecule is CC1CCC(NC(=O)CSc2ncccc2N)CC1. The van der Waals surface area contributed by atoms with Crippen molar-refractivity contribution < 1.29 is 4.79 Å². The number of carbonyl (C=O) groups excluding carboxylic acids is 1. The number of nitrogen functional groups attached to an aromatic ring is 1. The molecule has 2 rings (SSSR count). The molecule has 1 saturated carbocycles. The molecule has 1 aromatic rings. The second-order valence-corrected chi connectivity index (χ2v) is 6.17. The van der Waals surface area contributed by atoms with E-state index in [0.717, 1.165) is 23.8 Å². The molecule has 1 amide bonds. The van der Waals surface area contributed by atoms with Crippen LogP contribution in [0.3, 0.4) is 0 Å². The fourth-order valence-corrected chi connectivity index (χ4v) is 3.05. The number of aromatic nitrogens is 1. The number of hydrogen-bond donors (Lipinski definition) is 2. The Bertz CT molecular complexity index is 430. The smallest absolute Gasteiger partial charge is 0.230 e. The van der Waals surface area contributed by atoms with Crippen LogP contribution in [-0.2, 0) is 4.79 Å². The van der Waals surface area contributed by atoms with Crippen LogP contribution in [0.4, 0.5) is 5.69 Å². The third-order valence-corrected chi connectivity index (χ3v) is 4.54. The van der Waals surface area contributed by atoms with Gasteiger partial charge in [-0.1, -0.05) is 18.7 Å². The highest BCUT2D eigenvalue weighted by Gasteiger charge is 2.19. The van der Waals surface area contributed by atoms with E-state index in [2.05, 4.69) is 17.2 Å². The molecule has 0 spiro atoms. The lowest BCUT2D eigenvalue weighted by molar-refractivity contribution is -0.119. The van der Waals surface area contributed by atoms with Crippen LogP contribution in [0.5, 0.6) is 0 Å². The number of nitrogens with two attached hydrogens (primary N) is 1. The van der Waals surface area contributed by atoms with Gasteiger partial charge in [0.1, 0.15) is 5.03 Å². The van der Waals surface area contributed by atoms with Crippen LogP contribution in [0.1, 0.15) is 32.6 Å². The van der Waals surface area contributed by atoms with Crippen LogP contribution >= 0.6 is 11.8 Å². The van der Waals surface area contributed by atoms with Crippen LogP contribution in [0, 0.1) is 5.92 Å². The Balaban J connectivity index is 1.74. The summed E-state index contributed by atoms with van der Waals surface area (Å²) in [6.45, 7) is 2.28. The number of thioether (sulfide) groups is 1. The summed E-state index contributed by atoms with van der Waals surface area (Å²) in [6, 6.07) is 3.95. The average Bonchev–Trinajstić information content (AvgIpc) is 2.40.